The van der Waals surface area contributed by atoms with E-state index in [1.807, 2.05) is 36.4 Å². The maximum absolute atomic E-state index is 11.8. The summed E-state index contributed by atoms with van der Waals surface area (Å²) in [5.74, 6) is -0.591. The van der Waals surface area contributed by atoms with Crippen LogP contribution in [-0.2, 0) is 11.2 Å². The summed E-state index contributed by atoms with van der Waals surface area (Å²) in [7, 11) is 0. The van der Waals surface area contributed by atoms with E-state index in [0.29, 0.717) is 11.3 Å². The Morgan fingerprint density at radius 3 is 2.58 bits per heavy atom. The normalized spacial score (nSPS) is 13.9. The van der Waals surface area contributed by atoms with Crippen LogP contribution in [-0.4, -0.2) is 11.8 Å². The molecule has 0 spiro atoms. The second-order valence-electron chi connectivity index (χ2n) is 4.55. The summed E-state index contributed by atoms with van der Waals surface area (Å²) in [6.45, 7) is 0. The molecule has 4 heteroatoms. The number of carbonyl (C=O) groups excluding carboxylic acids is 2. The fraction of sp³-hybridized carbons (Fsp3) is 0.0667. The van der Waals surface area contributed by atoms with E-state index in [2.05, 4.69) is 5.32 Å². The number of rotatable bonds is 1. The van der Waals surface area contributed by atoms with Crippen LogP contribution in [0.5, 0.6) is 0 Å². The number of imide groups is 1. The third-order valence-electron chi connectivity index (χ3n) is 3.18. The lowest BCUT2D eigenvalue weighted by Crippen LogP contribution is -2.37. The van der Waals surface area contributed by atoms with Gasteiger partial charge in [-0.25, -0.2) is 0 Å². The second-order valence-corrected chi connectivity index (χ2v) is 4.55. The van der Waals surface area contributed by atoms with Gasteiger partial charge in [0.1, 0.15) is 0 Å². The summed E-state index contributed by atoms with van der Waals surface area (Å²) < 4.78 is 0. The highest BCUT2D eigenvalue weighted by Gasteiger charge is 2.22. The molecule has 19 heavy (non-hydrogen) atoms. The Bertz CT molecular complexity index is 692. The van der Waals surface area contributed by atoms with E-state index in [-0.39, 0.29) is 18.2 Å². The van der Waals surface area contributed by atoms with Crippen molar-refractivity contribution in [2.75, 3.05) is 5.73 Å². The molecule has 0 aliphatic carbocycles. The molecule has 1 aliphatic heterocycles. The summed E-state index contributed by atoms with van der Waals surface area (Å²) in [6.07, 6.45) is 0.248. The van der Waals surface area contributed by atoms with E-state index in [1.165, 1.54) is 0 Å². The van der Waals surface area contributed by atoms with Crippen LogP contribution in [0.1, 0.15) is 15.9 Å². The van der Waals surface area contributed by atoms with E-state index in [9.17, 15) is 9.59 Å². The van der Waals surface area contributed by atoms with Gasteiger partial charge < -0.3 is 5.73 Å². The molecule has 0 fully saturated rings. The van der Waals surface area contributed by atoms with Gasteiger partial charge in [-0.2, -0.15) is 0 Å². The molecule has 0 radical (unpaired) electrons. The number of fused-ring (bicyclic) bond motifs is 1. The van der Waals surface area contributed by atoms with E-state index >= 15 is 0 Å². The highest BCUT2D eigenvalue weighted by Crippen LogP contribution is 2.25. The quantitative estimate of drug-likeness (QED) is 0.600. The van der Waals surface area contributed by atoms with Crippen molar-refractivity contribution in [1.82, 2.24) is 5.32 Å². The van der Waals surface area contributed by atoms with Crippen molar-refractivity contribution in [3.8, 4) is 11.1 Å². The van der Waals surface area contributed by atoms with Crippen LogP contribution in [0.3, 0.4) is 0 Å². The predicted octanol–water partition coefficient (Wildman–Crippen LogP) is 1.75. The first-order chi connectivity index (χ1) is 9.13. The molecule has 0 bridgehead atoms. The minimum absolute atomic E-state index is 0.248. The fourth-order valence-corrected chi connectivity index (χ4v) is 2.25. The largest absolute Gasteiger partial charge is 0.399 e. The first kappa shape index (κ1) is 11.5. The van der Waals surface area contributed by atoms with Gasteiger partial charge in [-0.1, -0.05) is 24.3 Å². The number of carbonyl (C=O) groups is 2. The van der Waals surface area contributed by atoms with Crippen molar-refractivity contribution in [3.05, 3.63) is 53.6 Å². The maximum Gasteiger partial charge on any atom is 0.258 e. The summed E-state index contributed by atoms with van der Waals surface area (Å²) in [5.41, 5.74) is 9.62. The first-order valence-electron chi connectivity index (χ1n) is 5.96. The molecule has 0 atom stereocenters. The van der Waals surface area contributed by atoms with Crippen LogP contribution in [0.15, 0.2) is 42.5 Å². The van der Waals surface area contributed by atoms with Gasteiger partial charge in [-0.15, -0.1) is 0 Å². The average Bonchev–Trinajstić information content (AvgIpc) is 2.38. The topological polar surface area (TPSA) is 72.2 Å². The zero-order chi connectivity index (χ0) is 13.4. The van der Waals surface area contributed by atoms with E-state index in [0.717, 1.165) is 16.7 Å². The monoisotopic (exact) mass is 252 g/mol. The standard InChI is InChI=1S/C15H12N2O2/c16-12-3-1-2-9(6-12)10-4-5-11-8-14(18)17-15(19)13(11)7-10/h1-7H,8,16H2,(H,17,18,19). The third kappa shape index (κ3) is 2.08. The number of hydrogen-bond donors (Lipinski definition) is 2. The predicted molar refractivity (Wildman–Crippen MR) is 72.5 cm³/mol. The Morgan fingerprint density at radius 2 is 1.79 bits per heavy atom. The number of nitrogens with one attached hydrogen (secondary N) is 1. The van der Waals surface area contributed by atoms with Crippen LogP contribution in [0.4, 0.5) is 5.69 Å². The Morgan fingerprint density at radius 1 is 1.00 bits per heavy atom. The Hall–Kier alpha value is -2.62. The molecule has 3 rings (SSSR count). The highest BCUT2D eigenvalue weighted by atomic mass is 16.2. The van der Waals surface area contributed by atoms with Gasteiger partial charge in [0.2, 0.25) is 5.91 Å². The van der Waals surface area contributed by atoms with Crippen LogP contribution in [0.2, 0.25) is 0 Å². The minimum atomic E-state index is -0.336. The van der Waals surface area contributed by atoms with Crippen LogP contribution < -0.4 is 11.1 Å². The van der Waals surface area contributed by atoms with Crippen molar-refractivity contribution in [2.24, 2.45) is 0 Å². The van der Waals surface area contributed by atoms with Gasteiger partial charge >= 0.3 is 0 Å². The highest BCUT2D eigenvalue weighted by molar-refractivity contribution is 6.10. The average molecular weight is 252 g/mol. The van der Waals surface area contributed by atoms with Gasteiger partial charge in [-0.05, 0) is 34.9 Å². The third-order valence-corrected chi connectivity index (χ3v) is 3.18. The molecule has 2 aromatic rings. The van der Waals surface area contributed by atoms with Crippen molar-refractivity contribution < 1.29 is 9.59 Å². The summed E-state index contributed by atoms with van der Waals surface area (Å²) in [6, 6.07) is 13.0. The van der Waals surface area contributed by atoms with Gasteiger partial charge in [-0.3, -0.25) is 14.9 Å². The first-order valence-corrected chi connectivity index (χ1v) is 5.96. The van der Waals surface area contributed by atoms with Crippen LogP contribution in [0, 0.1) is 0 Å². The zero-order valence-electron chi connectivity index (χ0n) is 10.1. The molecule has 4 nitrogen and oxygen atoms in total. The fourth-order valence-electron chi connectivity index (χ4n) is 2.25. The second kappa shape index (κ2) is 4.24. The molecule has 94 valence electrons. The van der Waals surface area contributed by atoms with Gasteiger partial charge in [0.25, 0.3) is 5.91 Å². The minimum Gasteiger partial charge on any atom is -0.399 e. The number of nitrogen functional groups attached to an aromatic ring is 1. The van der Waals surface area contributed by atoms with Crippen molar-refractivity contribution in [2.45, 2.75) is 6.42 Å². The number of amides is 2. The van der Waals surface area contributed by atoms with Gasteiger partial charge in [0, 0.05) is 11.3 Å². The summed E-state index contributed by atoms with van der Waals surface area (Å²) >= 11 is 0. The van der Waals surface area contributed by atoms with Crippen molar-refractivity contribution in [1.29, 1.82) is 0 Å². The SMILES string of the molecule is Nc1cccc(-c2ccc3c(c2)C(=O)NC(=O)C3)c1. The Labute approximate surface area is 110 Å². The molecular formula is C15H12N2O2. The molecule has 0 saturated carbocycles. The molecular weight excluding hydrogens is 240 g/mol. The van der Waals surface area contributed by atoms with Crippen molar-refractivity contribution >= 4 is 17.5 Å². The number of nitrogens with two attached hydrogens (primary N) is 1. The number of benzene rings is 2. The van der Waals surface area contributed by atoms with E-state index in [1.54, 1.807) is 6.07 Å². The van der Waals surface area contributed by atoms with E-state index < -0.39 is 0 Å². The molecule has 3 N–H and O–H groups in total. The van der Waals surface area contributed by atoms with Gasteiger partial charge in [0.15, 0.2) is 0 Å². The lowest BCUT2D eigenvalue weighted by molar-refractivity contribution is -0.119. The zero-order valence-corrected chi connectivity index (χ0v) is 10.1. The molecule has 0 aromatic heterocycles. The smallest absolute Gasteiger partial charge is 0.258 e. The number of anilines is 1. The maximum atomic E-state index is 11.8. The molecule has 0 saturated heterocycles. The lowest BCUT2D eigenvalue weighted by atomic mass is 9.94. The van der Waals surface area contributed by atoms with Crippen LogP contribution >= 0.6 is 0 Å². The Balaban J connectivity index is 2.09. The summed E-state index contributed by atoms with van der Waals surface area (Å²) in [4.78, 5) is 23.1. The van der Waals surface area contributed by atoms with Crippen LogP contribution in [0.25, 0.3) is 11.1 Å². The molecule has 1 heterocycles. The van der Waals surface area contributed by atoms with Gasteiger partial charge in [0.05, 0.1) is 6.42 Å². The van der Waals surface area contributed by atoms with E-state index in [4.69, 9.17) is 5.73 Å². The molecule has 1 aliphatic rings. The van der Waals surface area contributed by atoms with Crippen molar-refractivity contribution in [3.63, 3.8) is 0 Å². The summed E-state index contributed by atoms with van der Waals surface area (Å²) in [5, 5.41) is 2.32. The lowest BCUT2D eigenvalue weighted by Gasteiger charge is -2.16. The molecule has 2 aromatic carbocycles. The Kier molecular flexibility index (Phi) is 2.56. The number of hydrogen-bond acceptors (Lipinski definition) is 3. The molecule has 0 unspecified atom stereocenters. The molecule has 2 amide bonds.